The molecule has 128 valence electrons. The molecule has 1 heterocycles. The van der Waals surface area contributed by atoms with E-state index in [-0.39, 0.29) is 6.03 Å². The van der Waals surface area contributed by atoms with Crippen LogP contribution in [0.3, 0.4) is 0 Å². The Balaban J connectivity index is 1.62. The molecule has 5 nitrogen and oxygen atoms in total. The number of likely N-dealkylation sites (tertiary alicyclic amines) is 1. The zero-order valence-corrected chi connectivity index (χ0v) is 14.3. The molecule has 0 radical (unpaired) electrons. The Morgan fingerprint density at radius 1 is 1.20 bits per heavy atom. The Morgan fingerprint density at radius 2 is 1.88 bits per heavy atom. The van der Waals surface area contributed by atoms with Crippen LogP contribution in [-0.2, 0) is 5.60 Å². The van der Waals surface area contributed by atoms with Gasteiger partial charge in [0.2, 0.25) is 0 Å². The van der Waals surface area contributed by atoms with Gasteiger partial charge in [-0.05, 0) is 48.7 Å². The summed E-state index contributed by atoms with van der Waals surface area (Å²) in [6.07, 6.45) is 0.917. The lowest BCUT2D eigenvalue weighted by molar-refractivity contribution is -0.0156. The Morgan fingerprint density at radius 3 is 2.52 bits per heavy atom. The van der Waals surface area contributed by atoms with Crippen molar-refractivity contribution >= 4 is 23.3 Å². The van der Waals surface area contributed by atoms with Gasteiger partial charge in [0, 0.05) is 23.8 Å². The SMILES string of the molecule is N#Cc1cccc(NC(=O)N2CCC(O)(c3ccc(Cl)cc3)CC2)c1. The number of urea groups is 1. The number of amides is 2. The number of hydrogen-bond donors (Lipinski definition) is 2. The highest BCUT2D eigenvalue weighted by Gasteiger charge is 2.35. The van der Waals surface area contributed by atoms with Crippen LogP contribution in [-0.4, -0.2) is 29.1 Å². The number of piperidine rings is 1. The fraction of sp³-hybridized carbons (Fsp3) is 0.263. The van der Waals surface area contributed by atoms with Gasteiger partial charge >= 0.3 is 6.03 Å². The number of halogens is 1. The molecule has 0 atom stereocenters. The first-order valence-corrected chi connectivity index (χ1v) is 8.42. The van der Waals surface area contributed by atoms with Gasteiger partial charge in [-0.2, -0.15) is 5.26 Å². The quantitative estimate of drug-likeness (QED) is 0.861. The molecule has 1 saturated heterocycles. The van der Waals surface area contributed by atoms with Crippen molar-refractivity contribution in [1.82, 2.24) is 4.90 Å². The number of rotatable bonds is 2. The number of hydrogen-bond acceptors (Lipinski definition) is 3. The van der Waals surface area contributed by atoms with Gasteiger partial charge in [-0.25, -0.2) is 4.79 Å². The van der Waals surface area contributed by atoms with Crippen molar-refractivity contribution in [1.29, 1.82) is 5.26 Å². The van der Waals surface area contributed by atoms with Gasteiger partial charge in [0.1, 0.15) is 0 Å². The van der Waals surface area contributed by atoms with Gasteiger partial charge in [0.05, 0.1) is 17.2 Å². The minimum Gasteiger partial charge on any atom is -0.385 e. The Hall–Kier alpha value is -2.55. The van der Waals surface area contributed by atoms with E-state index in [1.54, 1.807) is 41.3 Å². The third kappa shape index (κ3) is 3.93. The molecule has 25 heavy (non-hydrogen) atoms. The maximum atomic E-state index is 12.4. The third-order valence-corrected chi connectivity index (χ3v) is 4.75. The first kappa shape index (κ1) is 17.3. The molecule has 2 aromatic carbocycles. The van der Waals surface area contributed by atoms with E-state index < -0.39 is 5.60 Å². The normalized spacial score (nSPS) is 16.1. The lowest BCUT2D eigenvalue weighted by Crippen LogP contribution is -2.46. The van der Waals surface area contributed by atoms with Crippen LogP contribution in [0.1, 0.15) is 24.0 Å². The van der Waals surface area contributed by atoms with Crippen molar-refractivity contribution in [2.45, 2.75) is 18.4 Å². The largest absolute Gasteiger partial charge is 0.385 e. The van der Waals surface area contributed by atoms with Crippen molar-refractivity contribution in [3.63, 3.8) is 0 Å². The minimum atomic E-state index is -0.942. The predicted molar refractivity (Wildman–Crippen MR) is 96.3 cm³/mol. The van der Waals surface area contributed by atoms with Crippen LogP contribution in [0.25, 0.3) is 0 Å². The molecule has 1 aliphatic rings. The highest BCUT2D eigenvalue weighted by atomic mass is 35.5. The summed E-state index contributed by atoms with van der Waals surface area (Å²) < 4.78 is 0. The summed E-state index contributed by atoms with van der Waals surface area (Å²) >= 11 is 5.90. The average molecular weight is 356 g/mol. The number of aliphatic hydroxyl groups is 1. The second-order valence-electron chi connectivity index (χ2n) is 6.15. The van der Waals surface area contributed by atoms with E-state index in [1.807, 2.05) is 18.2 Å². The van der Waals surface area contributed by atoms with Crippen molar-refractivity contribution in [3.8, 4) is 6.07 Å². The molecule has 2 amide bonds. The molecule has 1 aliphatic heterocycles. The van der Waals surface area contributed by atoms with Crippen LogP contribution in [0, 0.1) is 11.3 Å². The molecular formula is C19H18ClN3O2. The third-order valence-electron chi connectivity index (χ3n) is 4.50. The summed E-state index contributed by atoms with van der Waals surface area (Å²) in [6.45, 7) is 0.895. The summed E-state index contributed by atoms with van der Waals surface area (Å²) in [6, 6.07) is 15.8. The second kappa shape index (κ2) is 7.14. The summed E-state index contributed by atoms with van der Waals surface area (Å²) in [5, 5.41) is 23.2. The Kier molecular flexibility index (Phi) is 4.93. The Bertz CT molecular complexity index is 806. The van der Waals surface area contributed by atoms with E-state index in [2.05, 4.69) is 5.32 Å². The summed E-state index contributed by atoms with van der Waals surface area (Å²) in [4.78, 5) is 14.1. The molecule has 2 N–H and O–H groups in total. The van der Waals surface area contributed by atoms with Crippen molar-refractivity contribution in [2.75, 3.05) is 18.4 Å². The highest BCUT2D eigenvalue weighted by molar-refractivity contribution is 6.30. The van der Waals surface area contributed by atoms with E-state index in [9.17, 15) is 9.90 Å². The van der Waals surface area contributed by atoms with Gasteiger partial charge in [-0.3, -0.25) is 0 Å². The Labute approximate surface area is 151 Å². The van der Waals surface area contributed by atoms with E-state index in [0.29, 0.717) is 42.2 Å². The average Bonchev–Trinajstić information content (AvgIpc) is 2.63. The lowest BCUT2D eigenvalue weighted by atomic mass is 9.84. The van der Waals surface area contributed by atoms with Crippen LogP contribution < -0.4 is 5.32 Å². The van der Waals surface area contributed by atoms with Crippen molar-refractivity contribution in [3.05, 3.63) is 64.7 Å². The number of anilines is 1. The number of nitrogens with zero attached hydrogens (tertiary/aromatic N) is 2. The highest BCUT2D eigenvalue weighted by Crippen LogP contribution is 2.33. The van der Waals surface area contributed by atoms with E-state index in [0.717, 1.165) is 5.56 Å². The number of carbonyl (C=O) groups excluding carboxylic acids is 1. The fourth-order valence-corrected chi connectivity index (χ4v) is 3.12. The zero-order chi connectivity index (χ0) is 17.9. The summed E-state index contributed by atoms with van der Waals surface area (Å²) in [5.74, 6) is 0. The fourth-order valence-electron chi connectivity index (χ4n) is 3.00. The van der Waals surface area contributed by atoms with Gasteiger partial charge in [-0.1, -0.05) is 29.8 Å². The zero-order valence-electron chi connectivity index (χ0n) is 13.6. The maximum Gasteiger partial charge on any atom is 0.321 e. The van der Waals surface area contributed by atoms with Crippen LogP contribution in [0.15, 0.2) is 48.5 Å². The summed E-state index contributed by atoms with van der Waals surface area (Å²) in [7, 11) is 0. The van der Waals surface area contributed by atoms with E-state index in [1.165, 1.54) is 0 Å². The second-order valence-corrected chi connectivity index (χ2v) is 6.58. The van der Waals surface area contributed by atoms with Crippen molar-refractivity contribution in [2.24, 2.45) is 0 Å². The van der Waals surface area contributed by atoms with Crippen LogP contribution in [0.4, 0.5) is 10.5 Å². The molecule has 0 aliphatic carbocycles. The number of nitriles is 1. The molecule has 0 aromatic heterocycles. The standard InChI is InChI=1S/C19H18ClN3O2/c20-16-6-4-15(5-7-16)19(25)8-10-23(11-9-19)18(24)22-17-3-1-2-14(12-17)13-21/h1-7,12,25H,8-11H2,(H,22,24). The van der Waals surface area contributed by atoms with Gasteiger partial charge in [0.25, 0.3) is 0 Å². The van der Waals surface area contributed by atoms with Crippen LogP contribution in [0.2, 0.25) is 5.02 Å². The molecule has 0 unspecified atom stereocenters. The molecule has 0 spiro atoms. The minimum absolute atomic E-state index is 0.228. The van der Waals surface area contributed by atoms with Gasteiger partial charge < -0.3 is 15.3 Å². The molecule has 0 saturated carbocycles. The first-order valence-electron chi connectivity index (χ1n) is 8.05. The number of carbonyl (C=O) groups is 1. The topological polar surface area (TPSA) is 76.4 Å². The van der Waals surface area contributed by atoms with Gasteiger partial charge in [-0.15, -0.1) is 0 Å². The molecule has 6 heteroatoms. The molecule has 2 aromatic rings. The van der Waals surface area contributed by atoms with E-state index >= 15 is 0 Å². The van der Waals surface area contributed by atoms with Crippen LogP contribution >= 0.6 is 11.6 Å². The first-order chi connectivity index (χ1) is 12.0. The molecular weight excluding hydrogens is 338 g/mol. The number of benzene rings is 2. The monoisotopic (exact) mass is 355 g/mol. The predicted octanol–water partition coefficient (Wildman–Crippen LogP) is 3.73. The number of nitrogens with one attached hydrogen (secondary N) is 1. The van der Waals surface area contributed by atoms with Gasteiger partial charge in [0.15, 0.2) is 0 Å². The van der Waals surface area contributed by atoms with Crippen LogP contribution in [0.5, 0.6) is 0 Å². The van der Waals surface area contributed by atoms with E-state index in [4.69, 9.17) is 16.9 Å². The van der Waals surface area contributed by atoms with Crippen molar-refractivity contribution < 1.29 is 9.90 Å². The molecule has 3 rings (SSSR count). The molecule has 1 fully saturated rings. The summed E-state index contributed by atoms with van der Waals surface area (Å²) in [5.41, 5.74) is 0.956. The lowest BCUT2D eigenvalue weighted by Gasteiger charge is -2.38. The molecule has 0 bridgehead atoms. The smallest absolute Gasteiger partial charge is 0.321 e. The maximum absolute atomic E-state index is 12.4.